The Balaban J connectivity index is 1.54. The van der Waals surface area contributed by atoms with Gasteiger partial charge in [-0.3, -0.25) is 20.4 Å². The number of carbonyl (C=O) groups excluding carboxylic acids is 2. The SMILES string of the molecule is N=C(N)c1ccc(CNC(=O)[C@@H](NC(=O)[C@H](Cc2ccc(C(=N)N)cc2)c2cccc(Cl)c2)C2CCCCC2)cc1. The number of hydrogen-bond donors (Lipinski definition) is 6. The van der Waals surface area contributed by atoms with Gasteiger partial charge in [-0.15, -0.1) is 0 Å². The van der Waals surface area contributed by atoms with Gasteiger partial charge in [-0.05, 0) is 54.0 Å². The Morgan fingerprint density at radius 2 is 1.41 bits per heavy atom. The summed E-state index contributed by atoms with van der Waals surface area (Å²) in [6.45, 7) is 0.302. The molecule has 0 spiro atoms. The van der Waals surface area contributed by atoms with Crippen LogP contribution in [-0.2, 0) is 22.6 Å². The summed E-state index contributed by atoms with van der Waals surface area (Å²) in [4.78, 5) is 27.5. The van der Waals surface area contributed by atoms with Crippen LogP contribution in [0.25, 0.3) is 0 Å². The number of amides is 2. The highest BCUT2D eigenvalue weighted by molar-refractivity contribution is 6.30. The van der Waals surface area contributed by atoms with Gasteiger partial charge in [-0.25, -0.2) is 0 Å². The van der Waals surface area contributed by atoms with Gasteiger partial charge in [0.15, 0.2) is 0 Å². The molecule has 3 aromatic rings. The van der Waals surface area contributed by atoms with E-state index in [1.807, 2.05) is 36.4 Å². The molecule has 9 heteroatoms. The first-order chi connectivity index (χ1) is 19.7. The zero-order valence-electron chi connectivity index (χ0n) is 23.0. The number of rotatable bonds is 11. The van der Waals surface area contributed by atoms with Crippen LogP contribution in [0.3, 0.4) is 0 Å². The lowest BCUT2D eigenvalue weighted by atomic mass is 9.82. The third-order valence-electron chi connectivity index (χ3n) is 7.71. The van der Waals surface area contributed by atoms with Crippen molar-refractivity contribution in [3.05, 3.63) is 106 Å². The van der Waals surface area contributed by atoms with Gasteiger partial charge in [0, 0.05) is 22.7 Å². The number of amidine groups is 2. The molecule has 8 N–H and O–H groups in total. The van der Waals surface area contributed by atoms with Crippen molar-refractivity contribution in [1.29, 1.82) is 10.8 Å². The monoisotopic (exact) mass is 572 g/mol. The van der Waals surface area contributed by atoms with Gasteiger partial charge in [0.25, 0.3) is 0 Å². The molecule has 4 rings (SSSR count). The van der Waals surface area contributed by atoms with Crippen LogP contribution in [-0.4, -0.2) is 29.5 Å². The van der Waals surface area contributed by atoms with E-state index in [4.69, 9.17) is 33.9 Å². The molecule has 0 unspecified atom stereocenters. The highest BCUT2D eigenvalue weighted by Crippen LogP contribution is 2.29. The highest BCUT2D eigenvalue weighted by atomic mass is 35.5. The van der Waals surface area contributed by atoms with E-state index in [2.05, 4.69) is 10.6 Å². The van der Waals surface area contributed by atoms with Crippen LogP contribution in [0, 0.1) is 16.7 Å². The second kappa shape index (κ2) is 13.9. The lowest BCUT2D eigenvalue weighted by Crippen LogP contribution is -2.52. The highest BCUT2D eigenvalue weighted by Gasteiger charge is 2.33. The zero-order chi connectivity index (χ0) is 29.4. The van der Waals surface area contributed by atoms with Crippen molar-refractivity contribution in [3.63, 3.8) is 0 Å². The molecule has 41 heavy (non-hydrogen) atoms. The van der Waals surface area contributed by atoms with E-state index < -0.39 is 12.0 Å². The topological polar surface area (TPSA) is 158 Å². The summed E-state index contributed by atoms with van der Waals surface area (Å²) in [7, 11) is 0. The summed E-state index contributed by atoms with van der Waals surface area (Å²) in [5.74, 6) is -1.00. The molecule has 2 atom stereocenters. The van der Waals surface area contributed by atoms with Crippen LogP contribution < -0.4 is 22.1 Å². The number of nitrogen functional groups attached to an aromatic ring is 2. The lowest BCUT2D eigenvalue weighted by Gasteiger charge is -2.31. The molecule has 0 aliphatic heterocycles. The number of hydrogen-bond acceptors (Lipinski definition) is 4. The number of nitrogens with one attached hydrogen (secondary N) is 4. The van der Waals surface area contributed by atoms with Crippen LogP contribution in [0.2, 0.25) is 5.02 Å². The van der Waals surface area contributed by atoms with Crippen LogP contribution in [0.1, 0.15) is 65.8 Å². The fourth-order valence-electron chi connectivity index (χ4n) is 5.36. The Labute approximate surface area is 245 Å². The summed E-state index contributed by atoms with van der Waals surface area (Å²) in [6.07, 6.45) is 5.32. The fraction of sp³-hybridized carbons (Fsp3) is 0.312. The predicted molar refractivity (Wildman–Crippen MR) is 163 cm³/mol. The van der Waals surface area contributed by atoms with Gasteiger partial charge < -0.3 is 22.1 Å². The van der Waals surface area contributed by atoms with Gasteiger partial charge in [0.05, 0.1) is 5.92 Å². The molecule has 0 heterocycles. The minimum Gasteiger partial charge on any atom is -0.384 e. The molecule has 214 valence electrons. The molecular formula is C32H37ClN6O2. The first kappa shape index (κ1) is 29.8. The maximum atomic E-state index is 13.9. The van der Waals surface area contributed by atoms with E-state index in [-0.39, 0.29) is 29.4 Å². The van der Waals surface area contributed by atoms with Crippen LogP contribution in [0.5, 0.6) is 0 Å². The Bertz CT molecular complexity index is 1380. The number of halogens is 1. The van der Waals surface area contributed by atoms with Gasteiger partial charge in [0.1, 0.15) is 17.7 Å². The van der Waals surface area contributed by atoms with Crippen molar-refractivity contribution in [3.8, 4) is 0 Å². The largest absolute Gasteiger partial charge is 0.384 e. The molecule has 1 fully saturated rings. The maximum Gasteiger partial charge on any atom is 0.243 e. The average Bonchev–Trinajstić information content (AvgIpc) is 2.98. The molecule has 1 saturated carbocycles. The second-order valence-corrected chi connectivity index (χ2v) is 11.1. The normalized spacial score (nSPS) is 15.0. The second-order valence-electron chi connectivity index (χ2n) is 10.6. The summed E-state index contributed by atoms with van der Waals surface area (Å²) in [6, 6.07) is 21.0. The molecule has 0 radical (unpaired) electrons. The van der Waals surface area contributed by atoms with E-state index >= 15 is 0 Å². The quantitative estimate of drug-likeness (QED) is 0.146. The first-order valence-corrected chi connectivity index (χ1v) is 14.3. The van der Waals surface area contributed by atoms with Crippen molar-refractivity contribution < 1.29 is 9.59 Å². The maximum absolute atomic E-state index is 13.9. The van der Waals surface area contributed by atoms with Crippen LogP contribution in [0.4, 0.5) is 0 Å². The lowest BCUT2D eigenvalue weighted by molar-refractivity contribution is -0.131. The minimum absolute atomic E-state index is 0.00952. The Hall–Kier alpha value is -4.17. The van der Waals surface area contributed by atoms with Crippen molar-refractivity contribution in [2.24, 2.45) is 17.4 Å². The zero-order valence-corrected chi connectivity index (χ0v) is 23.7. The Morgan fingerprint density at radius 1 is 0.829 bits per heavy atom. The number of carbonyl (C=O) groups is 2. The first-order valence-electron chi connectivity index (χ1n) is 13.9. The molecule has 1 aliphatic carbocycles. The predicted octanol–water partition coefficient (Wildman–Crippen LogP) is 4.62. The third-order valence-corrected chi connectivity index (χ3v) is 7.94. The summed E-state index contributed by atoms with van der Waals surface area (Å²) < 4.78 is 0. The van der Waals surface area contributed by atoms with Crippen molar-refractivity contribution in [1.82, 2.24) is 10.6 Å². The Kier molecular flexibility index (Phi) is 10.1. The summed E-state index contributed by atoms with van der Waals surface area (Å²) in [5, 5.41) is 21.9. The van der Waals surface area contributed by atoms with Gasteiger partial charge in [-0.2, -0.15) is 0 Å². The molecule has 0 bridgehead atoms. The van der Waals surface area contributed by atoms with Gasteiger partial charge in [0.2, 0.25) is 11.8 Å². The molecule has 0 saturated heterocycles. The van der Waals surface area contributed by atoms with Crippen molar-refractivity contribution in [2.75, 3.05) is 0 Å². The number of nitrogens with two attached hydrogens (primary N) is 2. The van der Waals surface area contributed by atoms with Crippen LogP contribution >= 0.6 is 11.6 Å². The van der Waals surface area contributed by atoms with Gasteiger partial charge in [-0.1, -0.05) is 91.5 Å². The summed E-state index contributed by atoms with van der Waals surface area (Å²) >= 11 is 6.30. The van der Waals surface area contributed by atoms with E-state index in [9.17, 15) is 9.59 Å². The van der Waals surface area contributed by atoms with E-state index in [1.165, 1.54) is 0 Å². The summed E-state index contributed by atoms with van der Waals surface area (Å²) in [5.41, 5.74) is 14.9. The molecule has 2 amide bonds. The smallest absolute Gasteiger partial charge is 0.243 e. The van der Waals surface area contributed by atoms with E-state index in [1.54, 1.807) is 36.4 Å². The Morgan fingerprint density at radius 3 is 1.98 bits per heavy atom. The van der Waals surface area contributed by atoms with E-state index in [0.29, 0.717) is 29.1 Å². The molecule has 0 aromatic heterocycles. The fourth-order valence-corrected chi connectivity index (χ4v) is 5.56. The van der Waals surface area contributed by atoms with Crippen LogP contribution in [0.15, 0.2) is 72.8 Å². The van der Waals surface area contributed by atoms with E-state index in [0.717, 1.165) is 48.8 Å². The molecule has 3 aromatic carbocycles. The standard InChI is InChI=1S/C32H37ClN6O2/c33-26-8-4-7-25(18-26)27(17-20-9-13-23(14-10-20)29(34)35)31(40)39-28(22-5-2-1-3-6-22)32(41)38-19-21-11-15-24(16-12-21)30(36)37/h4,7-16,18,22,27-28H,1-3,5-6,17,19H2,(H3,34,35)(H3,36,37)(H,38,41)(H,39,40)/t27-,28+/m1/s1. The minimum atomic E-state index is -0.666. The number of benzene rings is 3. The molecule has 8 nitrogen and oxygen atoms in total. The average molecular weight is 573 g/mol. The van der Waals surface area contributed by atoms with Crippen molar-refractivity contribution >= 4 is 35.1 Å². The third kappa shape index (κ3) is 8.17. The molecular weight excluding hydrogens is 536 g/mol. The van der Waals surface area contributed by atoms with Crippen molar-refractivity contribution in [2.45, 2.75) is 57.0 Å². The molecule has 1 aliphatic rings. The van der Waals surface area contributed by atoms with Gasteiger partial charge >= 0.3 is 0 Å².